The molecule has 1 aromatic heterocycles. The van der Waals surface area contributed by atoms with Crippen LogP contribution in [0.4, 0.5) is 0 Å². The number of aromatic nitrogens is 1. The highest BCUT2D eigenvalue weighted by Crippen LogP contribution is 2.48. The van der Waals surface area contributed by atoms with Gasteiger partial charge >= 0.3 is 5.97 Å². The van der Waals surface area contributed by atoms with Crippen molar-refractivity contribution in [2.45, 2.75) is 29.4 Å². The molecule has 0 amide bonds. The van der Waals surface area contributed by atoms with Gasteiger partial charge in [-0.05, 0) is 17.7 Å². The van der Waals surface area contributed by atoms with Crippen LogP contribution in [-0.4, -0.2) is 21.3 Å². The molecule has 2 heterocycles. The molecule has 2 aromatic rings. The lowest BCUT2D eigenvalue weighted by molar-refractivity contribution is -0.137. The molecule has 4 heteroatoms. The molecule has 0 saturated carbocycles. The Balaban J connectivity index is 2.32. The Morgan fingerprint density at radius 3 is 2.94 bits per heavy atom. The van der Waals surface area contributed by atoms with E-state index in [4.69, 9.17) is 0 Å². The largest absolute Gasteiger partial charge is 0.480 e. The van der Waals surface area contributed by atoms with Gasteiger partial charge in [-0.2, -0.15) is 0 Å². The normalized spacial score (nSPS) is 21.6. The van der Waals surface area contributed by atoms with E-state index >= 15 is 0 Å². The van der Waals surface area contributed by atoms with Crippen LogP contribution in [0.25, 0.3) is 10.9 Å². The molecule has 17 heavy (non-hydrogen) atoms. The van der Waals surface area contributed by atoms with Crippen LogP contribution in [-0.2, 0) is 10.2 Å². The summed E-state index contributed by atoms with van der Waals surface area (Å²) in [5.41, 5.74) is 1.83. The van der Waals surface area contributed by atoms with Crippen LogP contribution in [0, 0.1) is 0 Å². The molecule has 0 radical (unpaired) electrons. The fourth-order valence-electron chi connectivity index (χ4n) is 2.53. The maximum atomic E-state index is 11.4. The molecular weight excluding hydrogens is 234 g/mol. The second-order valence-electron chi connectivity index (χ2n) is 4.94. The molecule has 88 valence electrons. The fourth-order valence-corrected chi connectivity index (χ4v) is 3.80. The van der Waals surface area contributed by atoms with Crippen molar-refractivity contribution >= 4 is 28.6 Å². The maximum Gasteiger partial charge on any atom is 0.317 e. The van der Waals surface area contributed by atoms with Crippen LogP contribution < -0.4 is 0 Å². The molecule has 0 bridgehead atoms. The van der Waals surface area contributed by atoms with E-state index in [1.165, 1.54) is 17.1 Å². The standard InChI is InChI=1S/C13H13NO2S/c1-13(2)7-6-14-8-4-3-5-9(10(7)8)17-11(13)12(15)16/h3-6,11,14H,1-2H3,(H,15,16)/t11-/m0/s1. The minimum absolute atomic E-state index is 0.358. The van der Waals surface area contributed by atoms with Gasteiger partial charge in [0.05, 0.1) is 0 Å². The van der Waals surface area contributed by atoms with E-state index in [0.717, 1.165) is 16.0 Å². The third kappa shape index (κ3) is 1.33. The van der Waals surface area contributed by atoms with E-state index in [-0.39, 0.29) is 5.41 Å². The monoisotopic (exact) mass is 247 g/mol. The molecule has 1 aromatic carbocycles. The molecule has 0 fully saturated rings. The van der Waals surface area contributed by atoms with Crippen LogP contribution in [0.2, 0.25) is 0 Å². The number of rotatable bonds is 1. The zero-order chi connectivity index (χ0) is 12.2. The minimum Gasteiger partial charge on any atom is -0.480 e. The second-order valence-corrected chi connectivity index (χ2v) is 6.09. The summed E-state index contributed by atoms with van der Waals surface area (Å²) in [6, 6.07) is 5.98. The molecule has 1 aliphatic rings. The Morgan fingerprint density at radius 1 is 1.47 bits per heavy atom. The van der Waals surface area contributed by atoms with Gasteiger partial charge < -0.3 is 10.1 Å². The van der Waals surface area contributed by atoms with Crippen LogP contribution >= 0.6 is 11.8 Å². The molecular formula is C13H13NO2S. The number of carboxylic acids is 1. The summed E-state index contributed by atoms with van der Waals surface area (Å²) in [5, 5.41) is 10.1. The lowest BCUT2D eigenvalue weighted by atomic mass is 9.80. The van der Waals surface area contributed by atoms with Gasteiger partial charge in [0.25, 0.3) is 0 Å². The van der Waals surface area contributed by atoms with Crippen LogP contribution in [0.3, 0.4) is 0 Å². The maximum absolute atomic E-state index is 11.4. The van der Waals surface area contributed by atoms with Crippen molar-refractivity contribution in [2.75, 3.05) is 0 Å². The van der Waals surface area contributed by atoms with Crippen molar-refractivity contribution in [1.29, 1.82) is 0 Å². The third-order valence-corrected chi connectivity index (χ3v) is 5.11. The average molecular weight is 247 g/mol. The van der Waals surface area contributed by atoms with Gasteiger partial charge in [0.15, 0.2) is 0 Å². The lowest BCUT2D eigenvalue weighted by Gasteiger charge is -2.35. The van der Waals surface area contributed by atoms with Gasteiger partial charge in [0.1, 0.15) is 5.25 Å². The quantitative estimate of drug-likeness (QED) is 0.814. The Bertz CT molecular complexity index is 615. The van der Waals surface area contributed by atoms with Gasteiger partial charge in [-0.1, -0.05) is 19.9 Å². The van der Waals surface area contributed by atoms with Crippen LogP contribution in [0.5, 0.6) is 0 Å². The fraction of sp³-hybridized carbons (Fsp3) is 0.308. The van der Waals surface area contributed by atoms with Crippen LogP contribution in [0.1, 0.15) is 19.4 Å². The van der Waals surface area contributed by atoms with Crippen molar-refractivity contribution in [2.24, 2.45) is 0 Å². The predicted octanol–water partition coefficient (Wildman–Crippen LogP) is 3.00. The van der Waals surface area contributed by atoms with Crippen molar-refractivity contribution in [3.63, 3.8) is 0 Å². The van der Waals surface area contributed by atoms with Crippen molar-refractivity contribution < 1.29 is 9.90 Å². The highest BCUT2D eigenvalue weighted by atomic mass is 32.2. The number of hydrogen-bond donors (Lipinski definition) is 2. The van der Waals surface area contributed by atoms with E-state index in [1.807, 2.05) is 38.2 Å². The number of carboxylic acid groups (broad SMARTS) is 1. The number of H-pyrrole nitrogens is 1. The first kappa shape index (κ1) is 10.7. The number of carbonyl (C=O) groups is 1. The molecule has 0 saturated heterocycles. The summed E-state index contributed by atoms with van der Waals surface area (Å²) in [6.45, 7) is 3.99. The van der Waals surface area contributed by atoms with Gasteiger partial charge in [0, 0.05) is 27.4 Å². The van der Waals surface area contributed by atoms with Gasteiger partial charge in [0.2, 0.25) is 0 Å². The number of nitrogens with one attached hydrogen (secondary N) is 1. The molecule has 3 rings (SSSR count). The second kappa shape index (κ2) is 3.29. The van der Waals surface area contributed by atoms with Gasteiger partial charge in [-0.3, -0.25) is 4.79 Å². The van der Waals surface area contributed by atoms with Gasteiger partial charge in [-0.25, -0.2) is 0 Å². The summed E-state index contributed by atoms with van der Waals surface area (Å²) >= 11 is 1.45. The topological polar surface area (TPSA) is 53.1 Å². The molecule has 0 spiro atoms. The molecule has 0 aliphatic carbocycles. The molecule has 2 N–H and O–H groups in total. The number of benzene rings is 1. The Hall–Kier alpha value is -1.42. The van der Waals surface area contributed by atoms with Crippen molar-refractivity contribution in [1.82, 2.24) is 4.98 Å². The smallest absolute Gasteiger partial charge is 0.317 e. The third-order valence-electron chi connectivity index (χ3n) is 3.49. The number of hydrogen-bond acceptors (Lipinski definition) is 2. The Kier molecular flexibility index (Phi) is 2.08. The SMILES string of the molecule is CC1(C)c2c[nH]c3cccc(c23)S[C@H]1C(=O)O. The lowest BCUT2D eigenvalue weighted by Crippen LogP contribution is -2.39. The van der Waals surface area contributed by atoms with E-state index in [9.17, 15) is 9.90 Å². The van der Waals surface area contributed by atoms with E-state index in [0.29, 0.717) is 0 Å². The predicted molar refractivity (Wildman–Crippen MR) is 68.6 cm³/mol. The number of thioether (sulfide) groups is 1. The molecule has 0 unspecified atom stereocenters. The number of aliphatic carboxylic acids is 1. The summed E-state index contributed by atoms with van der Waals surface area (Å²) in [5.74, 6) is -0.746. The van der Waals surface area contributed by atoms with E-state index < -0.39 is 11.2 Å². The highest BCUT2D eigenvalue weighted by molar-refractivity contribution is 8.01. The van der Waals surface area contributed by atoms with Crippen molar-refractivity contribution in [3.8, 4) is 0 Å². The summed E-state index contributed by atoms with van der Waals surface area (Å²) in [7, 11) is 0. The Morgan fingerprint density at radius 2 is 2.24 bits per heavy atom. The van der Waals surface area contributed by atoms with Crippen molar-refractivity contribution in [3.05, 3.63) is 30.0 Å². The molecule has 3 nitrogen and oxygen atoms in total. The van der Waals surface area contributed by atoms with Gasteiger partial charge in [-0.15, -0.1) is 11.8 Å². The summed E-state index contributed by atoms with van der Waals surface area (Å²) in [6.07, 6.45) is 1.95. The summed E-state index contributed by atoms with van der Waals surface area (Å²) < 4.78 is 0. The minimum atomic E-state index is -0.746. The Labute approximate surface area is 103 Å². The molecule has 1 aliphatic heterocycles. The number of aromatic amines is 1. The average Bonchev–Trinajstić information content (AvgIpc) is 2.69. The van der Waals surface area contributed by atoms with E-state index in [2.05, 4.69) is 4.98 Å². The zero-order valence-corrected chi connectivity index (χ0v) is 10.5. The first-order chi connectivity index (χ1) is 8.01. The summed E-state index contributed by atoms with van der Waals surface area (Å²) in [4.78, 5) is 15.7. The van der Waals surface area contributed by atoms with Crippen LogP contribution in [0.15, 0.2) is 29.3 Å². The first-order valence-corrected chi connectivity index (χ1v) is 6.40. The highest BCUT2D eigenvalue weighted by Gasteiger charge is 2.42. The molecule has 1 atom stereocenters. The first-order valence-electron chi connectivity index (χ1n) is 5.52. The zero-order valence-electron chi connectivity index (χ0n) is 9.65. The van der Waals surface area contributed by atoms with E-state index in [1.54, 1.807) is 0 Å².